The third-order valence-electron chi connectivity index (χ3n) is 2.30. The van der Waals surface area contributed by atoms with Gasteiger partial charge in [0.1, 0.15) is 6.20 Å². The average molecular weight is 208 g/mol. The zero-order chi connectivity index (χ0) is 10.1. The summed E-state index contributed by atoms with van der Waals surface area (Å²) in [6.07, 6.45) is 1.91. The molecule has 0 radical (unpaired) electrons. The summed E-state index contributed by atoms with van der Waals surface area (Å²) < 4.78 is 3.99. The molecule has 0 aliphatic heterocycles. The first kappa shape index (κ1) is 9.28. The first-order valence-corrected chi connectivity index (χ1v) is 4.84. The SMILES string of the molecule is Cn1c(Cl)c[n+](C)c1-c1ccccc1. The van der Waals surface area contributed by atoms with Crippen LogP contribution in [0.15, 0.2) is 36.5 Å². The molecule has 0 N–H and O–H groups in total. The minimum absolute atomic E-state index is 0.742. The van der Waals surface area contributed by atoms with Gasteiger partial charge in [0, 0.05) is 0 Å². The van der Waals surface area contributed by atoms with Crippen LogP contribution < -0.4 is 4.57 Å². The summed E-state index contributed by atoms with van der Waals surface area (Å²) in [6.45, 7) is 0. The van der Waals surface area contributed by atoms with Crippen LogP contribution in [0.25, 0.3) is 11.4 Å². The van der Waals surface area contributed by atoms with Gasteiger partial charge in [0.25, 0.3) is 5.82 Å². The third kappa shape index (κ3) is 1.42. The van der Waals surface area contributed by atoms with E-state index in [4.69, 9.17) is 11.6 Å². The van der Waals surface area contributed by atoms with Gasteiger partial charge in [-0.15, -0.1) is 0 Å². The fraction of sp³-hybridized carbons (Fsp3) is 0.182. The van der Waals surface area contributed by atoms with E-state index in [2.05, 4.69) is 12.1 Å². The van der Waals surface area contributed by atoms with Crippen LogP contribution in [0.4, 0.5) is 0 Å². The minimum Gasteiger partial charge on any atom is -0.231 e. The van der Waals surface area contributed by atoms with E-state index in [-0.39, 0.29) is 0 Å². The molecule has 0 aliphatic carbocycles. The van der Waals surface area contributed by atoms with Gasteiger partial charge in [0.15, 0.2) is 0 Å². The fourth-order valence-electron chi connectivity index (χ4n) is 1.63. The van der Waals surface area contributed by atoms with Crippen molar-refractivity contribution in [1.29, 1.82) is 0 Å². The molecule has 0 amide bonds. The summed E-state index contributed by atoms with van der Waals surface area (Å²) in [5.74, 6) is 1.11. The van der Waals surface area contributed by atoms with Crippen LogP contribution in [0, 0.1) is 0 Å². The molecule has 72 valence electrons. The van der Waals surface area contributed by atoms with Crippen molar-refractivity contribution in [3.8, 4) is 11.4 Å². The smallest absolute Gasteiger partial charge is 0.231 e. The van der Waals surface area contributed by atoms with E-state index in [1.54, 1.807) is 0 Å². The molecule has 0 spiro atoms. The number of halogens is 1. The van der Waals surface area contributed by atoms with Crippen molar-refractivity contribution in [2.75, 3.05) is 0 Å². The Kier molecular flexibility index (Phi) is 2.30. The van der Waals surface area contributed by atoms with Crippen LogP contribution in [0.5, 0.6) is 0 Å². The zero-order valence-electron chi connectivity index (χ0n) is 8.24. The number of hydrogen-bond acceptors (Lipinski definition) is 0. The van der Waals surface area contributed by atoms with Gasteiger partial charge in [-0.05, 0) is 23.7 Å². The van der Waals surface area contributed by atoms with Gasteiger partial charge in [-0.25, -0.2) is 9.13 Å². The average Bonchev–Trinajstić information content (AvgIpc) is 2.43. The lowest BCUT2D eigenvalue weighted by Gasteiger charge is -1.97. The highest BCUT2D eigenvalue weighted by Crippen LogP contribution is 2.18. The van der Waals surface area contributed by atoms with Crippen molar-refractivity contribution < 1.29 is 4.57 Å². The summed E-state index contributed by atoms with van der Waals surface area (Å²) in [4.78, 5) is 0. The van der Waals surface area contributed by atoms with Crippen LogP contribution in [0.2, 0.25) is 5.15 Å². The van der Waals surface area contributed by atoms with Gasteiger partial charge in [0.2, 0.25) is 5.15 Å². The van der Waals surface area contributed by atoms with Crippen LogP contribution in [0.3, 0.4) is 0 Å². The van der Waals surface area contributed by atoms with Crippen LogP contribution >= 0.6 is 11.6 Å². The first-order valence-electron chi connectivity index (χ1n) is 4.46. The normalized spacial score (nSPS) is 10.5. The van der Waals surface area contributed by atoms with Crippen molar-refractivity contribution >= 4 is 11.6 Å². The minimum atomic E-state index is 0.742. The molecule has 2 nitrogen and oxygen atoms in total. The highest BCUT2D eigenvalue weighted by Gasteiger charge is 2.17. The van der Waals surface area contributed by atoms with Gasteiger partial charge in [0.05, 0.1) is 19.7 Å². The molecular weight excluding hydrogens is 196 g/mol. The highest BCUT2D eigenvalue weighted by molar-refractivity contribution is 6.29. The molecule has 2 rings (SSSR count). The molecule has 14 heavy (non-hydrogen) atoms. The molecule has 0 bridgehead atoms. The third-order valence-corrected chi connectivity index (χ3v) is 2.66. The van der Waals surface area contributed by atoms with Crippen molar-refractivity contribution in [3.05, 3.63) is 41.7 Å². The zero-order valence-corrected chi connectivity index (χ0v) is 8.99. The lowest BCUT2D eigenvalue weighted by molar-refractivity contribution is -0.659. The molecule has 0 unspecified atom stereocenters. The number of aromatic nitrogens is 2. The predicted octanol–water partition coefficient (Wildman–Crippen LogP) is 2.17. The highest BCUT2D eigenvalue weighted by atomic mass is 35.5. The largest absolute Gasteiger partial charge is 0.289 e. The summed E-state index contributed by atoms with van der Waals surface area (Å²) in [5, 5.41) is 0.742. The Bertz CT molecular complexity index is 446. The molecule has 0 saturated carbocycles. The van der Waals surface area contributed by atoms with E-state index in [9.17, 15) is 0 Å². The fourth-order valence-corrected chi connectivity index (χ4v) is 1.86. The van der Waals surface area contributed by atoms with Crippen LogP contribution in [-0.2, 0) is 14.1 Å². The second kappa shape index (κ2) is 3.46. The van der Waals surface area contributed by atoms with Crippen molar-refractivity contribution in [2.24, 2.45) is 14.1 Å². The first-order chi connectivity index (χ1) is 6.70. The van der Waals surface area contributed by atoms with Crippen LogP contribution in [0.1, 0.15) is 0 Å². The summed E-state index contributed by atoms with van der Waals surface area (Å²) in [6, 6.07) is 10.2. The molecule has 3 heteroatoms. The van der Waals surface area contributed by atoms with E-state index in [1.165, 1.54) is 5.56 Å². The molecule has 1 aromatic heterocycles. The Morgan fingerprint density at radius 2 is 1.86 bits per heavy atom. The van der Waals surface area contributed by atoms with Crippen LogP contribution in [-0.4, -0.2) is 4.57 Å². The second-order valence-electron chi connectivity index (χ2n) is 3.31. The Hall–Kier alpha value is -1.28. The molecule has 1 aromatic carbocycles. The van der Waals surface area contributed by atoms with Crippen molar-refractivity contribution in [3.63, 3.8) is 0 Å². The van der Waals surface area contributed by atoms with Gasteiger partial charge in [-0.2, -0.15) is 0 Å². The monoisotopic (exact) mass is 207 g/mol. The standard InChI is InChI=1S/C11H12ClN2/c1-13-8-10(12)14(2)11(13)9-6-4-3-5-7-9/h3-8H,1-2H3/q+1. The Morgan fingerprint density at radius 1 is 1.21 bits per heavy atom. The van der Waals surface area contributed by atoms with Crippen molar-refractivity contribution in [1.82, 2.24) is 4.57 Å². The molecule has 0 aliphatic rings. The maximum atomic E-state index is 6.03. The molecular formula is C11H12ClN2+. The number of imidazole rings is 1. The maximum absolute atomic E-state index is 6.03. The number of aryl methyl sites for hydroxylation is 1. The predicted molar refractivity (Wildman–Crippen MR) is 57.0 cm³/mol. The van der Waals surface area contributed by atoms with E-state index in [0.717, 1.165) is 11.0 Å². The van der Waals surface area contributed by atoms with Gasteiger partial charge >= 0.3 is 0 Å². The van der Waals surface area contributed by atoms with Gasteiger partial charge < -0.3 is 0 Å². The topological polar surface area (TPSA) is 8.81 Å². The quantitative estimate of drug-likeness (QED) is 0.634. The van der Waals surface area contributed by atoms with Gasteiger partial charge in [-0.3, -0.25) is 0 Å². The maximum Gasteiger partial charge on any atom is 0.289 e. The lowest BCUT2D eigenvalue weighted by Crippen LogP contribution is -2.28. The molecule has 1 heterocycles. The van der Waals surface area contributed by atoms with E-state index in [0.29, 0.717) is 0 Å². The summed E-state index contributed by atoms with van der Waals surface area (Å²) >= 11 is 6.03. The molecule has 2 aromatic rings. The van der Waals surface area contributed by atoms with Gasteiger partial charge in [-0.1, -0.05) is 18.2 Å². The second-order valence-corrected chi connectivity index (χ2v) is 3.70. The number of nitrogens with zero attached hydrogens (tertiary/aromatic N) is 2. The Labute approximate surface area is 88.4 Å². The summed E-state index contributed by atoms with van der Waals surface area (Å²) in [7, 11) is 3.96. The number of rotatable bonds is 1. The molecule has 0 saturated heterocycles. The van der Waals surface area contributed by atoms with E-state index in [1.807, 2.05) is 47.6 Å². The number of benzene rings is 1. The Morgan fingerprint density at radius 3 is 2.36 bits per heavy atom. The van der Waals surface area contributed by atoms with E-state index >= 15 is 0 Å². The molecule has 0 atom stereocenters. The Balaban J connectivity index is 2.62. The molecule has 0 fully saturated rings. The lowest BCUT2D eigenvalue weighted by atomic mass is 10.2. The number of hydrogen-bond donors (Lipinski definition) is 0. The van der Waals surface area contributed by atoms with Crippen molar-refractivity contribution in [2.45, 2.75) is 0 Å². The summed E-state index contributed by atoms with van der Waals surface area (Å²) in [5.41, 5.74) is 1.17. The van der Waals surface area contributed by atoms with E-state index < -0.39 is 0 Å².